The topological polar surface area (TPSA) is 87.7 Å². The highest BCUT2D eigenvalue weighted by Gasteiger charge is 2.45. The molecule has 0 saturated carbocycles. The van der Waals surface area contributed by atoms with E-state index in [9.17, 15) is 14.4 Å². The van der Waals surface area contributed by atoms with Crippen LogP contribution in [0.5, 0.6) is 0 Å². The molecule has 7 heteroatoms. The molecule has 3 rings (SSSR count). The van der Waals surface area contributed by atoms with Crippen LogP contribution in [0.1, 0.15) is 83.9 Å². The van der Waals surface area contributed by atoms with Gasteiger partial charge >= 0.3 is 6.09 Å². The van der Waals surface area contributed by atoms with Gasteiger partial charge in [-0.05, 0) is 77.3 Å². The first kappa shape index (κ1) is 24.1. The first-order chi connectivity index (χ1) is 15.0. The van der Waals surface area contributed by atoms with Crippen LogP contribution in [0.15, 0.2) is 24.3 Å². The highest BCUT2D eigenvalue weighted by atomic mass is 16.6. The SMILES string of the molecule is CCC(C)(C(=O)NC1CCCc2ccccc21)N1CCCC(NC(=O)OC(C)(C)C)C1=O. The van der Waals surface area contributed by atoms with E-state index in [0.717, 1.165) is 19.3 Å². The largest absolute Gasteiger partial charge is 0.444 e. The van der Waals surface area contributed by atoms with Gasteiger partial charge < -0.3 is 20.3 Å². The second kappa shape index (κ2) is 9.51. The normalized spacial score (nSPS) is 23.0. The van der Waals surface area contributed by atoms with Crippen molar-refractivity contribution < 1.29 is 19.1 Å². The number of carbonyl (C=O) groups is 3. The lowest BCUT2D eigenvalue weighted by Crippen LogP contribution is -2.64. The number of hydrogen-bond acceptors (Lipinski definition) is 4. The predicted octanol–water partition coefficient (Wildman–Crippen LogP) is 3.86. The van der Waals surface area contributed by atoms with Gasteiger partial charge in [0.1, 0.15) is 17.2 Å². The molecule has 1 aromatic carbocycles. The number of likely N-dealkylation sites (tertiary alicyclic amines) is 1. The molecule has 176 valence electrons. The third-order valence-electron chi connectivity index (χ3n) is 6.58. The fourth-order valence-corrected chi connectivity index (χ4v) is 4.64. The van der Waals surface area contributed by atoms with Gasteiger partial charge in [0.15, 0.2) is 0 Å². The zero-order valence-corrected chi connectivity index (χ0v) is 20.0. The number of fused-ring (bicyclic) bond motifs is 1. The highest BCUT2D eigenvalue weighted by Crippen LogP contribution is 2.32. The number of nitrogens with one attached hydrogen (secondary N) is 2. The molecule has 32 heavy (non-hydrogen) atoms. The predicted molar refractivity (Wildman–Crippen MR) is 123 cm³/mol. The molecule has 1 fully saturated rings. The Balaban J connectivity index is 1.73. The molecule has 0 radical (unpaired) electrons. The zero-order chi connectivity index (χ0) is 23.5. The smallest absolute Gasteiger partial charge is 0.408 e. The average Bonchev–Trinajstić information content (AvgIpc) is 2.73. The number of benzene rings is 1. The molecule has 1 aromatic rings. The van der Waals surface area contributed by atoms with Crippen LogP contribution in [-0.4, -0.2) is 46.5 Å². The number of nitrogens with zero attached hydrogens (tertiary/aromatic N) is 1. The highest BCUT2D eigenvalue weighted by molar-refractivity contribution is 5.94. The lowest BCUT2D eigenvalue weighted by atomic mass is 9.86. The summed E-state index contributed by atoms with van der Waals surface area (Å²) in [5.41, 5.74) is 0.811. The molecule has 1 saturated heterocycles. The summed E-state index contributed by atoms with van der Waals surface area (Å²) in [6, 6.07) is 7.50. The number of hydrogen-bond donors (Lipinski definition) is 2. The zero-order valence-electron chi connectivity index (χ0n) is 20.0. The van der Waals surface area contributed by atoms with Gasteiger partial charge in [0.05, 0.1) is 6.04 Å². The second-order valence-corrected chi connectivity index (χ2v) is 10.1. The van der Waals surface area contributed by atoms with Gasteiger partial charge in [-0.1, -0.05) is 31.2 Å². The number of rotatable bonds is 5. The number of amides is 3. The van der Waals surface area contributed by atoms with Crippen LogP contribution in [0.3, 0.4) is 0 Å². The van der Waals surface area contributed by atoms with Crippen molar-refractivity contribution in [3.8, 4) is 0 Å². The van der Waals surface area contributed by atoms with Crippen molar-refractivity contribution >= 4 is 17.9 Å². The van der Waals surface area contributed by atoms with Crippen molar-refractivity contribution in [1.29, 1.82) is 0 Å². The van der Waals surface area contributed by atoms with Crippen molar-refractivity contribution in [1.82, 2.24) is 15.5 Å². The molecule has 3 atom stereocenters. The van der Waals surface area contributed by atoms with Crippen LogP contribution >= 0.6 is 0 Å². The molecule has 0 spiro atoms. The van der Waals surface area contributed by atoms with Crippen molar-refractivity contribution in [3.05, 3.63) is 35.4 Å². The van der Waals surface area contributed by atoms with Crippen molar-refractivity contribution in [2.24, 2.45) is 0 Å². The lowest BCUT2D eigenvalue weighted by molar-refractivity contribution is -0.151. The molecule has 7 nitrogen and oxygen atoms in total. The Labute approximate surface area is 191 Å². The fraction of sp³-hybridized carbons (Fsp3) is 0.640. The van der Waals surface area contributed by atoms with E-state index < -0.39 is 23.3 Å². The number of ether oxygens (including phenoxy) is 1. The van der Waals surface area contributed by atoms with Gasteiger partial charge in [-0.2, -0.15) is 0 Å². The fourth-order valence-electron chi connectivity index (χ4n) is 4.64. The second-order valence-electron chi connectivity index (χ2n) is 10.1. The molecule has 3 amide bonds. The number of piperidine rings is 1. The lowest BCUT2D eigenvalue weighted by Gasteiger charge is -2.44. The third kappa shape index (κ3) is 5.25. The molecule has 1 aliphatic carbocycles. The van der Waals surface area contributed by atoms with Crippen molar-refractivity contribution in [2.75, 3.05) is 6.54 Å². The summed E-state index contributed by atoms with van der Waals surface area (Å²) in [4.78, 5) is 40.7. The molecule has 2 N–H and O–H groups in total. The van der Waals surface area contributed by atoms with Crippen LogP contribution in [0.4, 0.5) is 4.79 Å². The molecule has 0 bridgehead atoms. The first-order valence-corrected chi connectivity index (χ1v) is 11.7. The van der Waals surface area contributed by atoms with E-state index in [4.69, 9.17) is 4.74 Å². The molecule has 2 aliphatic rings. The van der Waals surface area contributed by atoms with Crippen LogP contribution < -0.4 is 10.6 Å². The minimum atomic E-state index is -0.988. The summed E-state index contributed by atoms with van der Waals surface area (Å²) < 4.78 is 5.32. The summed E-state index contributed by atoms with van der Waals surface area (Å²) in [5, 5.41) is 5.93. The number of aryl methyl sites for hydroxylation is 1. The minimum absolute atomic E-state index is 0.0473. The first-order valence-electron chi connectivity index (χ1n) is 11.7. The van der Waals surface area contributed by atoms with Gasteiger partial charge in [0.2, 0.25) is 11.8 Å². The Hall–Kier alpha value is -2.57. The Bertz CT molecular complexity index is 863. The summed E-state index contributed by atoms with van der Waals surface area (Å²) in [5.74, 6) is -0.376. The van der Waals surface area contributed by atoms with Gasteiger partial charge in [-0.15, -0.1) is 0 Å². The maximum Gasteiger partial charge on any atom is 0.408 e. The van der Waals surface area contributed by atoms with E-state index in [1.54, 1.807) is 25.7 Å². The van der Waals surface area contributed by atoms with Crippen LogP contribution in [0, 0.1) is 0 Å². The van der Waals surface area contributed by atoms with Crippen molar-refractivity contribution in [2.45, 2.75) is 96.4 Å². The molecule has 3 unspecified atom stereocenters. The molecule has 0 aromatic heterocycles. The Morgan fingerprint density at radius 1 is 1.06 bits per heavy atom. The summed E-state index contributed by atoms with van der Waals surface area (Å²) >= 11 is 0. The van der Waals surface area contributed by atoms with Gasteiger partial charge in [0, 0.05) is 6.54 Å². The molecule has 1 aliphatic heterocycles. The maximum absolute atomic E-state index is 13.5. The number of alkyl carbamates (subject to hydrolysis) is 1. The Morgan fingerprint density at radius 3 is 2.44 bits per heavy atom. The standard InChI is InChI=1S/C25H37N3O4/c1-6-25(5,22(30)26-19-14-9-12-17-11-7-8-13-18(17)19)28-16-10-15-20(21(28)29)27-23(31)32-24(2,3)4/h7-8,11,13,19-20H,6,9-10,12,14-16H2,1-5H3,(H,26,30)(H,27,31). The Kier molecular flexibility index (Phi) is 7.16. The molecular weight excluding hydrogens is 406 g/mol. The van der Waals surface area contributed by atoms with E-state index >= 15 is 0 Å². The molecule has 1 heterocycles. The van der Waals surface area contributed by atoms with E-state index in [1.807, 2.05) is 26.0 Å². The summed E-state index contributed by atoms with van der Waals surface area (Å²) in [6.07, 6.45) is 4.05. The quantitative estimate of drug-likeness (QED) is 0.723. The average molecular weight is 444 g/mol. The third-order valence-corrected chi connectivity index (χ3v) is 6.58. The van der Waals surface area contributed by atoms with E-state index in [1.165, 1.54) is 11.1 Å². The minimum Gasteiger partial charge on any atom is -0.444 e. The van der Waals surface area contributed by atoms with Gasteiger partial charge in [-0.3, -0.25) is 9.59 Å². The van der Waals surface area contributed by atoms with E-state index in [-0.39, 0.29) is 17.9 Å². The number of carbonyl (C=O) groups excluding carboxylic acids is 3. The van der Waals surface area contributed by atoms with Crippen LogP contribution in [0.25, 0.3) is 0 Å². The Morgan fingerprint density at radius 2 is 1.75 bits per heavy atom. The summed E-state index contributed by atoms with van der Waals surface area (Å²) in [7, 11) is 0. The molecular formula is C25H37N3O4. The van der Waals surface area contributed by atoms with Crippen LogP contribution in [0.2, 0.25) is 0 Å². The van der Waals surface area contributed by atoms with E-state index in [2.05, 4.69) is 22.8 Å². The van der Waals surface area contributed by atoms with Gasteiger partial charge in [-0.25, -0.2) is 4.79 Å². The summed E-state index contributed by atoms with van der Waals surface area (Å²) in [6.45, 7) is 9.58. The van der Waals surface area contributed by atoms with Gasteiger partial charge in [0.25, 0.3) is 0 Å². The monoisotopic (exact) mass is 443 g/mol. The maximum atomic E-state index is 13.5. The van der Waals surface area contributed by atoms with Crippen molar-refractivity contribution in [3.63, 3.8) is 0 Å². The van der Waals surface area contributed by atoms with Crippen LogP contribution in [-0.2, 0) is 20.7 Å². The van der Waals surface area contributed by atoms with E-state index in [0.29, 0.717) is 25.8 Å².